The summed E-state index contributed by atoms with van der Waals surface area (Å²) in [6, 6.07) is 1.20. The van der Waals surface area contributed by atoms with Crippen LogP contribution < -0.4 is 5.32 Å². The van der Waals surface area contributed by atoms with Crippen LogP contribution in [-0.2, 0) is 11.3 Å². The second-order valence-corrected chi connectivity index (χ2v) is 6.25. The van der Waals surface area contributed by atoms with Crippen LogP contribution in [0.25, 0.3) is 0 Å². The molecular weight excluding hydrogens is 309 g/mol. The number of nitrogens with zero attached hydrogens (tertiary/aromatic N) is 1. The van der Waals surface area contributed by atoms with E-state index in [0.717, 1.165) is 12.1 Å². The van der Waals surface area contributed by atoms with Gasteiger partial charge >= 0.3 is 6.03 Å². The summed E-state index contributed by atoms with van der Waals surface area (Å²) in [5.74, 6) is -4.07. The lowest BCUT2D eigenvalue weighted by Gasteiger charge is -2.28. The molecule has 0 aliphatic rings. The number of carbonyl (C=O) groups excluding carboxylic acids is 1. The van der Waals surface area contributed by atoms with E-state index in [2.05, 4.69) is 5.32 Å². The van der Waals surface area contributed by atoms with E-state index in [1.165, 1.54) is 11.9 Å². The van der Waals surface area contributed by atoms with Gasteiger partial charge in [-0.1, -0.05) is 0 Å². The largest absolute Gasteiger partial charge is 0.379 e. The summed E-state index contributed by atoms with van der Waals surface area (Å²) in [5.41, 5.74) is -0.210. The molecule has 0 saturated heterocycles. The normalized spacial score (nSPS) is 12.9. The molecule has 0 aliphatic heterocycles. The van der Waals surface area contributed by atoms with Crippen molar-refractivity contribution < 1.29 is 22.7 Å². The second-order valence-electron chi connectivity index (χ2n) is 6.25. The van der Waals surface area contributed by atoms with Gasteiger partial charge in [-0.3, -0.25) is 0 Å². The Kier molecular flexibility index (Phi) is 6.44. The number of urea groups is 1. The number of amides is 2. The van der Waals surface area contributed by atoms with Gasteiger partial charge < -0.3 is 15.0 Å². The first kappa shape index (κ1) is 19.3. The number of halogens is 3. The van der Waals surface area contributed by atoms with Crippen molar-refractivity contribution >= 4 is 6.03 Å². The molecule has 0 aromatic heterocycles. The molecule has 1 N–H and O–H groups in total. The van der Waals surface area contributed by atoms with Crippen molar-refractivity contribution in [2.24, 2.45) is 0 Å². The van der Waals surface area contributed by atoms with Crippen LogP contribution in [0.4, 0.5) is 18.0 Å². The zero-order valence-corrected chi connectivity index (χ0v) is 14.0. The minimum atomic E-state index is -1.52. The quantitative estimate of drug-likeness (QED) is 0.811. The molecule has 0 spiro atoms. The summed E-state index contributed by atoms with van der Waals surface area (Å²) >= 11 is 0. The van der Waals surface area contributed by atoms with Gasteiger partial charge in [0.1, 0.15) is 0 Å². The Morgan fingerprint density at radius 1 is 1.30 bits per heavy atom. The van der Waals surface area contributed by atoms with E-state index in [1.54, 1.807) is 7.11 Å². The lowest BCUT2D eigenvalue weighted by Crippen LogP contribution is -2.44. The van der Waals surface area contributed by atoms with Gasteiger partial charge in [-0.2, -0.15) is 0 Å². The molecule has 1 atom stereocenters. The maximum absolute atomic E-state index is 13.2. The number of hydrogen-bond acceptors (Lipinski definition) is 2. The Hall–Kier alpha value is -1.76. The highest BCUT2D eigenvalue weighted by Gasteiger charge is 2.22. The average molecular weight is 332 g/mol. The molecule has 0 unspecified atom stereocenters. The van der Waals surface area contributed by atoms with Crippen molar-refractivity contribution in [3.05, 3.63) is 35.1 Å². The predicted octanol–water partition coefficient (Wildman–Crippen LogP) is 3.45. The fourth-order valence-electron chi connectivity index (χ4n) is 2.24. The lowest BCUT2D eigenvalue weighted by atomic mass is 10.00. The van der Waals surface area contributed by atoms with Crippen LogP contribution in [0.2, 0.25) is 0 Å². The van der Waals surface area contributed by atoms with Crippen LogP contribution in [0.1, 0.15) is 32.8 Å². The maximum atomic E-state index is 13.2. The van der Waals surface area contributed by atoms with Gasteiger partial charge in [0.25, 0.3) is 0 Å². The average Bonchev–Trinajstić information content (AvgIpc) is 2.43. The number of hydrogen-bond donors (Lipinski definition) is 1. The molecule has 130 valence electrons. The van der Waals surface area contributed by atoms with Crippen molar-refractivity contribution in [3.8, 4) is 0 Å². The predicted molar refractivity (Wildman–Crippen MR) is 81.5 cm³/mol. The molecule has 0 saturated carbocycles. The summed E-state index contributed by atoms with van der Waals surface area (Å²) in [5, 5.41) is 2.78. The molecule has 4 nitrogen and oxygen atoms in total. The molecule has 0 radical (unpaired) electrons. The number of benzene rings is 1. The molecule has 0 fully saturated rings. The molecule has 1 aromatic rings. The smallest absolute Gasteiger partial charge is 0.317 e. The fourth-order valence-corrected chi connectivity index (χ4v) is 2.24. The van der Waals surface area contributed by atoms with E-state index in [1.807, 2.05) is 20.8 Å². The molecule has 0 heterocycles. The van der Waals surface area contributed by atoms with E-state index in [0.29, 0.717) is 6.42 Å². The van der Waals surface area contributed by atoms with Crippen LogP contribution in [0.15, 0.2) is 12.1 Å². The summed E-state index contributed by atoms with van der Waals surface area (Å²) in [4.78, 5) is 13.3. The first-order valence-corrected chi connectivity index (χ1v) is 7.26. The third kappa shape index (κ3) is 5.74. The van der Waals surface area contributed by atoms with Crippen molar-refractivity contribution in [2.45, 2.75) is 45.4 Å². The lowest BCUT2D eigenvalue weighted by molar-refractivity contribution is 0.00918. The van der Waals surface area contributed by atoms with Gasteiger partial charge in [-0.25, -0.2) is 18.0 Å². The van der Waals surface area contributed by atoms with Gasteiger partial charge in [-0.05, 0) is 44.9 Å². The molecule has 2 amide bonds. The highest BCUT2D eigenvalue weighted by molar-refractivity contribution is 5.74. The number of carbonyl (C=O) groups is 1. The highest BCUT2D eigenvalue weighted by atomic mass is 19.2. The summed E-state index contributed by atoms with van der Waals surface area (Å²) < 4.78 is 44.6. The third-order valence-electron chi connectivity index (χ3n) is 3.53. The monoisotopic (exact) mass is 332 g/mol. The standard InChI is InChI=1S/C16H23F3N2O2/c1-10(8-16(2,3)23-5)20-15(22)21(4)9-11-6-12(17)14(19)13(18)7-11/h6-7,10H,8-9H2,1-5H3,(H,20,22)/t10-/m0/s1. The van der Waals surface area contributed by atoms with E-state index >= 15 is 0 Å². The van der Waals surface area contributed by atoms with Crippen LogP contribution in [0.3, 0.4) is 0 Å². The highest BCUT2D eigenvalue weighted by Crippen LogP contribution is 2.17. The Balaban J connectivity index is 2.64. The first-order valence-electron chi connectivity index (χ1n) is 7.26. The zero-order chi connectivity index (χ0) is 17.8. The molecule has 7 heteroatoms. The fraction of sp³-hybridized carbons (Fsp3) is 0.562. The summed E-state index contributed by atoms with van der Waals surface area (Å²) in [7, 11) is 3.08. The van der Waals surface area contributed by atoms with Crippen LogP contribution in [0.5, 0.6) is 0 Å². The number of rotatable bonds is 6. The first-order chi connectivity index (χ1) is 10.6. The number of nitrogens with one attached hydrogen (secondary N) is 1. The van der Waals surface area contributed by atoms with E-state index in [9.17, 15) is 18.0 Å². The van der Waals surface area contributed by atoms with Gasteiger partial charge in [0, 0.05) is 26.7 Å². The Morgan fingerprint density at radius 2 is 1.83 bits per heavy atom. The summed E-state index contributed by atoms with van der Waals surface area (Å²) in [6.07, 6.45) is 0.600. The third-order valence-corrected chi connectivity index (χ3v) is 3.53. The molecule has 23 heavy (non-hydrogen) atoms. The second kappa shape index (κ2) is 7.68. The van der Waals surface area contributed by atoms with Gasteiger partial charge in [0.2, 0.25) is 0 Å². The minimum absolute atomic E-state index is 0.0413. The Bertz CT molecular complexity index is 541. The van der Waals surface area contributed by atoms with Gasteiger partial charge in [0.15, 0.2) is 17.5 Å². The maximum Gasteiger partial charge on any atom is 0.317 e. The van der Waals surface area contributed by atoms with E-state index < -0.39 is 23.5 Å². The van der Waals surface area contributed by atoms with Crippen molar-refractivity contribution in [1.82, 2.24) is 10.2 Å². The molecule has 1 aromatic carbocycles. The van der Waals surface area contributed by atoms with Crippen molar-refractivity contribution in [3.63, 3.8) is 0 Å². The van der Waals surface area contributed by atoms with Crippen LogP contribution in [0, 0.1) is 17.5 Å². The van der Waals surface area contributed by atoms with E-state index in [4.69, 9.17) is 4.74 Å². The molecular formula is C16H23F3N2O2. The number of ether oxygens (including phenoxy) is 1. The van der Waals surface area contributed by atoms with Crippen molar-refractivity contribution in [2.75, 3.05) is 14.2 Å². The van der Waals surface area contributed by atoms with E-state index in [-0.39, 0.29) is 23.8 Å². The number of methoxy groups -OCH3 is 1. The SMILES string of the molecule is COC(C)(C)C[C@H](C)NC(=O)N(C)Cc1cc(F)c(F)c(F)c1. The summed E-state index contributed by atoms with van der Waals surface area (Å²) in [6.45, 7) is 5.61. The topological polar surface area (TPSA) is 41.6 Å². The Labute approximate surface area is 134 Å². The zero-order valence-electron chi connectivity index (χ0n) is 14.0. The van der Waals surface area contributed by atoms with Gasteiger partial charge in [0.05, 0.1) is 5.60 Å². The molecule has 0 bridgehead atoms. The van der Waals surface area contributed by atoms with Gasteiger partial charge in [-0.15, -0.1) is 0 Å². The van der Waals surface area contributed by atoms with Crippen molar-refractivity contribution in [1.29, 1.82) is 0 Å². The van der Waals surface area contributed by atoms with Crippen LogP contribution in [-0.4, -0.2) is 36.7 Å². The molecule has 0 aliphatic carbocycles. The Morgan fingerprint density at radius 3 is 2.30 bits per heavy atom. The van der Waals surface area contributed by atoms with Crippen LogP contribution >= 0.6 is 0 Å². The minimum Gasteiger partial charge on any atom is -0.379 e. The molecule has 1 rings (SSSR count).